The summed E-state index contributed by atoms with van der Waals surface area (Å²) < 4.78 is 5.36. The highest BCUT2D eigenvalue weighted by molar-refractivity contribution is 5.76. The molecular formula is C24H32N2O3. The van der Waals surface area contributed by atoms with Gasteiger partial charge in [0.2, 0.25) is 5.91 Å². The van der Waals surface area contributed by atoms with Gasteiger partial charge < -0.3 is 14.7 Å². The summed E-state index contributed by atoms with van der Waals surface area (Å²) >= 11 is 0. The van der Waals surface area contributed by atoms with Crippen LogP contribution in [-0.2, 0) is 4.79 Å². The topological polar surface area (TPSA) is 61.8 Å². The molecule has 0 aliphatic carbocycles. The molecular weight excluding hydrogens is 364 g/mol. The van der Waals surface area contributed by atoms with E-state index in [2.05, 4.69) is 5.32 Å². The molecule has 1 saturated heterocycles. The maximum atomic E-state index is 13.0. The second-order valence-electron chi connectivity index (χ2n) is 7.57. The molecule has 0 saturated carbocycles. The fraction of sp³-hybridized carbons (Fsp3) is 0.458. The van der Waals surface area contributed by atoms with E-state index in [0.717, 1.165) is 30.5 Å². The first kappa shape index (κ1) is 21.2. The second kappa shape index (κ2) is 10.3. The van der Waals surface area contributed by atoms with E-state index >= 15 is 0 Å². The van der Waals surface area contributed by atoms with E-state index in [1.807, 2.05) is 48.2 Å². The monoisotopic (exact) mass is 396 g/mol. The predicted molar refractivity (Wildman–Crippen MR) is 115 cm³/mol. The summed E-state index contributed by atoms with van der Waals surface area (Å²) in [4.78, 5) is 15.0. The zero-order valence-electron chi connectivity index (χ0n) is 17.4. The molecule has 5 heteroatoms. The highest BCUT2D eigenvalue weighted by Gasteiger charge is 2.26. The normalized spacial score (nSPS) is 17.5. The van der Waals surface area contributed by atoms with Crippen LogP contribution in [0, 0.1) is 0 Å². The van der Waals surface area contributed by atoms with Gasteiger partial charge in [0.05, 0.1) is 13.3 Å². The number of benzene rings is 2. The first-order valence-electron chi connectivity index (χ1n) is 10.6. The maximum Gasteiger partial charge on any atom is 0.223 e. The second-order valence-corrected chi connectivity index (χ2v) is 7.57. The number of hydrogen-bond donors (Lipinski definition) is 2. The molecule has 1 aliphatic rings. The first-order chi connectivity index (χ1) is 14.1. The van der Waals surface area contributed by atoms with Crippen molar-refractivity contribution in [2.24, 2.45) is 0 Å². The van der Waals surface area contributed by atoms with Crippen LogP contribution in [0.4, 0.5) is 0 Å². The summed E-state index contributed by atoms with van der Waals surface area (Å²) in [6.07, 6.45) is 4.55. The Morgan fingerprint density at radius 2 is 2.03 bits per heavy atom. The van der Waals surface area contributed by atoms with Gasteiger partial charge in [-0.3, -0.25) is 10.1 Å². The minimum atomic E-state index is -0.0757. The van der Waals surface area contributed by atoms with E-state index in [1.165, 1.54) is 6.42 Å². The van der Waals surface area contributed by atoms with Crippen molar-refractivity contribution in [2.45, 2.75) is 51.1 Å². The number of nitrogens with one attached hydrogen (secondary N) is 1. The van der Waals surface area contributed by atoms with Crippen molar-refractivity contribution in [3.8, 4) is 11.5 Å². The summed E-state index contributed by atoms with van der Waals surface area (Å²) in [7, 11) is 1.62. The van der Waals surface area contributed by atoms with Crippen LogP contribution in [0.2, 0.25) is 0 Å². The van der Waals surface area contributed by atoms with Gasteiger partial charge in [0.15, 0.2) is 0 Å². The Kier molecular flexibility index (Phi) is 7.53. The first-order valence-corrected chi connectivity index (χ1v) is 10.6. The highest BCUT2D eigenvalue weighted by Crippen LogP contribution is 2.37. The Bertz CT molecular complexity index is 788. The lowest BCUT2D eigenvalue weighted by Gasteiger charge is -2.34. The fourth-order valence-corrected chi connectivity index (χ4v) is 4.21. The van der Waals surface area contributed by atoms with E-state index in [0.29, 0.717) is 25.1 Å². The SMILES string of the molecule is CCN(C(=O)CCC(c1ccccc1)c1cc(OC)ccc1O)C1CCCCN1. The Labute approximate surface area is 173 Å². The number of amides is 1. The molecule has 0 radical (unpaired) electrons. The van der Waals surface area contributed by atoms with Crippen LogP contribution in [0.1, 0.15) is 56.1 Å². The van der Waals surface area contributed by atoms with Crippen molar-refractivity contribution in [1.29, 1.82) is 0 Å². The molecule has 156 valence electrons. The summed E-state index contributed by atoms with van der Waals surface area (Å²) in [5, 5.41) is 14.0. The lowest BCUT2D eigenvalue weighted by atomic mass is 9.86. The Hall–Kier alpha value is -2.53. The van der Waals surface area contributed by atoms with Crippen LogP contribution in [0.3, 0.4) is 0 Å². The van der Waals surface area contributed by atoms with E-state index in [9.17, 15) is 9.90 Å². The summed E-state index contributed by atoms with van der Waals surface area (Å²) in [6.45, 7) is 3.71. The zero-order valence-corrected chi connectivity index (χ0v) is 17.4. The van der Waals surface area contributed by atoms with E-state index < -0.39 is 0 Å². The predicted octanol–water partition coefficient (Wildman–Crippen LogP) is 4.26. The molecule has 0 spiro atoms. The van der Waals surface area contributed by atoms with E-state index in [-0.39, 0.29) is 23.7 Å². The van der Waals surface area contributed by atoms with Gasteiger partial charge in [-0.2, -0.15) is 0 Å². The molecule has 5 nitrogen and oxygen atoms in total. The number of phenolic OH excluding ortho intramolecular Hbond substituents is 1. The summed E-state index contributed by atoms with van der Waals surface area (Å²) in [6, 6.07) is 15.3. The van der Waals surface area contributed by atoms with Gasteiger partial charge in [0.25, 0.3) is 0 Å². The molecule has 2 aromatic rings. The number of piperidine rings is 1. The number of aromatic hydroxyl groups is 1. The third-order valence-electron chi connectivity index (χ3n) is 5.78. The number of phenols is 1. The van der Waals surface area contributed by atoms with Crippen LogP contribution in [-0.4, -0.2) is 42.3 Å². The zero-order chi connectivity index (χ0) is 20.6. The van der Waals surface area contributed by atoms with Gasteiger partial charge in [-0.1, -0.05) is 30.3 Å². The van der Waals surface area contributed by atoms with Gasteiger partial charge in [-0.05, 0) is 62.9 Å². The Balaban J connectivity index is 1.80. The number of hydrogen-bond acceptors (Lipinski definition) is 4. The molecule has 1 heterocycles. The van der Waals surface area contributed by atoms with Crippen molar-refractivity contribution in [3.05, 3.63) is 59.7 Å². The molecule has 0 bridgehead atoms. The minimum absolute atomic E-state index is 0.0757. The van der Waals surface area contributed by atoms with Crippen molar-refractivity contribution in [3.63, 3.8) is 0 Å². The van der Waals surface area contributed by atoms with Crippen LogP contribution in [0.15, 0.2) is 48.5 Å². The Morgan fingerprint density at radius 3 is 2.69 bits per heavy atom. The van der Waals surface area contributed by atoms with Gasteiger partial charge in [0, 0.05) is 24.4 Å². The lowest BCUT2D eigenvalue weighted by Crippen LogP contribution is -2.50. The van der Waals surface area contributed by atoms with Crippen molar-refractivity contribution < 1.29 is 14.6 Å². The molecule has 0 aromatic heterocycles. The van der Waals surface area contributed by atoms with Crippen LogP contribution >= 0.6 is 0 Å². The number of ether oxygens (including phenoxy) is 1. The number of carbonyl (C=O) groups is 1. The molecule has 1 aliphatic heterocycles. The van der Waals surface area contributed by atoms with Crippen molar-refractivity contribution >= 4 is 5.91 Å². The van der Waals surface area contributed by atoms with Crippen LogP contribution in [0.5, 0.6) is 11.5 Å². The van der Waals surface area contributed by atoms with Gasteiger partial charge in [-0.25, -0.2) is 0 Å². The van der Waals surface area contributed by atoms with E-state index in [4.69, 9.17) is 4.74 Å². The van der Waals surface area contributed by atoms with Crippen LogP contribution < -0.4 is 10.1 Å². The average molecular weight is 397 g/mol. The van der Waals surface area contributed by atoms with Gasteiger partial charge >= 0.3 is 0 Å². The smallest absolute Gasteiger partial charge is 0.223 e. The van der Waals surface area contributed by atoms with Crippen molar-refractivity contribution in [1.82, 2.24) is 10.2 Å². The number of rotatable bonds is 8. The molecule has 29 heavy (non-hydrogen) atoms. The molecule has 1 fully saturated rings. The van der Waals surface area contributed by atoms with Gasteiger partial charge in [0.1, 0.15) is 11.5 Å². The maximum absolute atomic E-state index is 13.0. The molecule has 1 amide bonds. The number of carbonyl (C=O) groups excluding carboxylic acids is 1. The molecule has 2 unspecified atom stereocenters. The lowest BCUT2D eigenvalue weighted by molar-refractivity contribution is -0.134. The standard InChI is InChI=1S/C24H32N2O3/c1-3-26(23-11-7-8-16-25-23)24(28)15-13-20(18-9-5-4-6-10-18)21-17-19(29-2)12-14-22(21)27/h4-6,9-10,12,14,17,20,23,25,27H,3,7-8,11,13,15-16H2,1-2H3. The highest BCUT2D eigenvalue weighted by atomic mass is 16.5. The molecule has 2 aromatic carbocycles. The third kappa shape index (κ3) is 5.30. The van der Waals surface area contributed by atoms with Crippen molar-refractivity contribution in [2.75, 3.05) is 20.2 Å². The Morgan fingerprint density at radius 1 is 1.24 bits per heavy atom. The fourth-order valence-electron chi connectivity index (χ4n) is 4.21. The van der Waals surface area contributed by atoms with Crippen LogP contribution in [0.25, 0.3) is 0 Å². The average Bonchev–Trinajstić information content (AvgIpc) is 2.77. The third-order valence-corrected chi connectivity index (χ3v) is 5.78. The number of nitrogens with zero attached hydrogens (tertiary/aromatic N) is 1. The minimum Gasteiger partial charge on any atom is -0.508 e. The number of methoxy groups -OCH3 is 1. The van der Waals surface area contributed by atoms with E-state index in [1.54, 1.807) is 19.2 Å². The largest absolute Gasteiger partial charge is 0.508 e. The van der Waals surface area contributed by atoms with Gasteiger partial charge in [-0.15, -0.1) is 0 Å². The summed E-state index contributed by atoms with van der Waals surface area (Å²) in [5.41, 5.74) is 1.88. The molecule has 2 atom stereocenters. The molecule has 2 N–H and O–H groups in total. The molecule has 3 rings (SSSR count). The summed E-state index contributed by atoms with van der Waals surface area (Å²) in [5.74, 6) is 1.02. The quantitative estimate of drug-likeness (QED) is 0.700.